The molecule has 0 radical (unpaired) electrons. The molecule has 4 heteroatoms. The predicted octanol–water partition coefficient (Wildman–Crippen LogP) is 4.36. The first-order valence-electron chi connectivity index (χ1n) is 5.56. The lowest BCUT2D eigenvalue weighted by atomic mass is 9.91. The van der Waals surface area contributed by atoms with Gasteiger partial charge in [-0.05, 0) is 35.7 Å². The van der Waals surface area contributed by atoms with Crippen molar-refractivity contribution < 1.29 is 0 Å². The van der Waals surface area contributed by atoms with E-state index in [0.29, 0.717) is 6.04 Å². The third-order valence-electron chi connectivity index (χ3n) is 3.24. The molecule has 92 valence electrons. The Kier molecular flexibility index (Phi) is 4.72. The molecule has 2 heterocycles. The molecule has 3 aliphatic rings. The number of fused-ring (bicyclic) bond motifs is 2. The first kappa shape index (κ1) is 13.6. The van der Waals surface area contributed by atoms with Crippen LogP contribution in [0, 0.1) is 0 Å². The average molecular weight is 377 g/mol. The summed E-state index contributed by atoms with van der Waals surface area (Å²) in [5.41, 5.74) is 3.05. The van der Waals surface area contributed by atoms with Gasteiger partial charge in [-0.3, -0.25) is 0 Å². The van der Waals surface area contributed by atoms with Crippen molar-refractivity contribution in [3.05, 3.63) is 45.9 Å². The molecule has 1 atom stereocenters. The summed E-state index contributed by atoms with van der Waals surface area (Å²) in [6.07, 6.45) is 13.8. The highest BCUT2D eigenvalue weighted by Gasteiger charge is 2.26. The van der Waals surface area contributed by atoms with E-state index in [1.807, 2.05) is 23.5 Å². The van der Waals surface area contributed by atoms with E-state index >= 15 is 0 Å². The van der Waals surface area contributed by atoms with Crippen LogP contribution in [0.3, 0.4) is 0 Å². The largest absolute Gasteiger partial charge is 0.357 e. The van der Waals surface area contributed by atoms with Gasteiger partial charge < -0.3 is 4.90 Å². The Bertz CT molecular complexity index is 423. The van der Waals surface area contributed by atoms with Crippen molar-refractivity contribution >= 4 is 47.5 Å². The van der Waals surface area contributed by atoms with E-state index in [-0.39, 0.29) is 24.0 Å². The van der Waals surface area contributed by atoms with Crippen LogP contribution in [0.25, 0.3) is 0 Å². The number of hydrogen-bond acceptors (Lipinski definition) is 3. The zero-order valence-corrected chi connectivity index (χ0v) is 13.7. The predicted molar refractivity (Wildman–Crippen MR) is 89.6 cm³/mol. The summed E-state index contributed by atoms with van der Waals surface area (Å²) in [6.45, 7) is 0. The monoisotopic (exact) mass is 377 g/mol. The SMILES string of the molecule is CSC1=CSCN2C=C3CC=CCC3=CC12.I. The molecule has 0 saturated carbocycles. The summed E-state index contributed by atoms with van der Waals surface area (Å²) in [7, 11) is 0. The van der Waals surface area contributed by atoms with E-state index in [4.69, 9.17) is 0 Å². The van der Waals surface area contributed by atoms with Crippen LogP contribution in [0.15, 0.2) is 45.9 Å². The summed E-state index contributed by atoms with van der Waals surface area (Å²) in [6, 6.07) is 0.501. The van der Waals surface area contributed by atoms with E-state index in [1.165, 1.54) is 16.1 Å². The van der Waals surface area contributed by atoms with Gasteiger partial charge in [-0.25, -0.2) is 0 Å². The van der Waals surface area contributed by atoms with Gasteiger partial charge >= 0.3 is 0 Å². The molecule has 0 N–H and O–H groups in total. The van der Waals surface area contributed by atoms with Crippen molar-refractivity contribution in [2.75, 3.05) is 12.1 Å². The molecule has 1 aliphatic carbocycles. The Morgan fingerprint density at radius 1 is 1.29 bits per heavy atom. The Morgan fingerprint density at radius 2 is 2.06 bits per heavy atom. The van der Waals surface area contributed by atoms with Gasteiger partial charge in [-0.1, -0.05) is 18.2 Å². The number of thioether (sulfide) groups is 2. The number of hydrogen-bond donors (Lipinski definition) is 0. The Balaban J connectivity index is 0.00000108. The molecule has 0 amide bonds. The molecule has 0 aromatic heterocycles. The minimum atomic E-state index is 0. The van der Waals surface area contributed by atoms with Crippen LogP contribution in [-0.4, -0.2) is 23.1 Å². The first-order chi connectivity index (χ1) is 7.88. The number of rotatable bonds is 1. The minimum Gasteiger partial charge on any atom is -0.357 e. The molecule has 0 fully saturated rings. The molecule has 0 aromatic carbocycles. The van der Waals surface area contributed by atoms with Gasteiger partial charge in [0.05, 0.1) is 11.9 Å². The Hall–Kier alpha value is 0.190. The summed E-state index contributed by atoms with van der Waals surface area (Å²) in [5, 5.41) is 2.32. The molecule has 1 nitrogen and oxygen atoms in total. The van der Waals surface area contributed by atoms with Crippen molar-refractivity contribution in [1.29, 1.82) is 0 Å². The van der Waals surface area contributed by atoms with Crippen molar-refractivity contribution in [2.24, 2.45) is 0 Å². The Morgan fingerprint density at radius 3 is 2.82 bits per heavy atom. The normalized spacial score (nSPS) is 26.1. The maximum atomic E-state index is 2.47. The van der Waals surface area contributed by atoms with E-state index in [0.717, 1.165) is 18.7 Å². The third kappa shape index (κ3) is 2.63. The van der Waals surface area contributed by atoms with Crippen molar-refractivity contribution in [3.63, 3.8) is 0 Å². The molecule has 17 heavy (non-hydrogen) atoms. The lowest BCUT2D eigenvalue weighted by Crippen LogP contribution is -2.35. The highest BCUT2D eigenvalue weighted by Crippen LogP contribution is 2.38. The molecule has 0 bridgehead atoms. The van der Waals surface area contributed by atoms with Crippen molar-refractivity contribution in [2.45, 2.75) is 18.9 Å². The fourth-order valence-electron chi connectivity index (χ4n) is 2.37. The van der Waals surface area contributed by atoms with Gasteiger partial charge in [0.2, 0.25) is 0 Å². The zero-order valence-electron chi connectivity index (χ0n) is 9.76. The summed E-state index contributed by atoms with van der Waals surface area (Å²) in [5.74, 6) is 1.09. The van der Waals surface area contributed by atoms with E-state index in [9.17, 15) is 0 Å². The second kappa shape index (κ2) is 5.89. The molecule has 1 unspecified atom stereocenters. The molecule has 2 aliphatic heterocycles. The van der Waals surface area contributed by atoms with Crippen LogP contribution < -0.4 is 0 Å². The number of nitrogens with zero attached hydrogens (tertiary/aromatic N) is 1. The standard InChI is InChI=1S/C13H15NS2.HI/c1-15-13-8-16-9-14-7-11-5-3-2-4-10(11)6-12(13)14;/h2-3,6-8,12H,4-5,9H2,1H3;1H. The van der Waals surface area contributed by atoms with Gasteiger partial charge in [0.1, 0.15) is 0 Å². The molecule has 0 spiro atoms. The van der Waals surface area contributed by atoms with E-state index in [1.54, 1.807) is 0 Å². The van der Waals surface area contributed by atoms with Gasteiger partial charge in [0.25, 0.3) is 0 Å². The number of halogens is 1. The van der Waals surface area contributed by atoms with Crippen LogP contribution in [0.2, 0.25) is 0 Å². The lowest BCUT2D eigenvalue weighted by Gasteiger charge is -2.37. The van der Waals surface area contributed by atoms with Crippen LogP contribution in [0.1, 0.15) is 12.8 Å². The lowest BCUT2D eigenvalue weighted by molar-refractivity contribution is 0.402. The van der Waals surface area contributed by atoms with Gasteiger partial charge in [0.15, 0.2) is 0 Å². The van der Waals surface area contributed by atoms with Gasteiger partial charge in [0, 0.05) is 11.1 Å². The van der Waals surface area contributed by atoms with E-state index < -0.39 is 0 Å². The van der Waals surface area contributed by atoms with Crippen LogP contribution >= 0.6 is 47.5 Å². The second-order valence-corrected chi connectivity index (χ2v) is 5.91. The maximum Gasteiger partial charge on any atom is 0.0799 e. The zero-order chi connectivity index (χ0) is 11.0. The first-order valence-corrected chi connectivity index (χ1v) is 7.84. The van der Waals surface area contributed by atoms with Gasteiger partial charge in [-0.2, -0.15) is 0 Å². The van der Waals surface area contributed by atoms with Crippen LogP contribution in [-0.2, 0) is 0 Å². The smallest absolute Gasteiger partial charge is 0.0799 e. The molecule has 3 rings (SSSR count). The van der Waals surface area contributed by atoms with Crippen molar-refractivity contribution in [1.82, 2.24) is 4.90 Å². The third-order valence-corrected chi connectivity index (χ3v) is 5.09. The topological polar surface area (TPSA) is 3.24 Å². The molecular formula is C13H16INS2. The van der Waals surface area contributed by atoms with Crippen LogP contribution in [0.4, 0.5) is 0 Å². The quantitative estimate of drug-likeness (QED) is 0.494. The molecule has 0 aromatic rings. The fraction of sp³-hybridized carbons (Fsp3) is 0.385. The van der Waals surface area contributed by atoms with E-state index in [2.05, 4.69) is 41.0 Å². The highest BCUT2D eigenvalue weighted by atomic mass is 127. The van der Waals surface area contributed by atoms with Crippen molar-refractivity contribution in [3.8, 4) is 0 Å². The Labute approximate surface area is 128 Å². The molecule has 0 saturated heterocycles. The number of allylic oxidation sites excluding steroid dienone is 4. The highest BCUT2D eigenvalue weighted by molar-refractivity contribution is 14.0. The van der Waals surface area contributed by atoms with Crippen LogP contribution in [0.5, 0.6) is 0 Å². The maximum absolute atomic E-state index is 2.47. The van der Waals surface area contributed by atoms with Gasteiger partial charge in [-0.15, -0.1) is 47.5 Å². The minimum absolute atomic E-state index is 0. The average Bonchev–Trinajstić information content (AvgIpc) is 2.35. The fourth-order valence-corrected chi connectivity index (χ4v) is 4.19. The summed E-state index contributed by atoms with van der Waals surface area (Å²) in [4.78, 5) is 3.95. The summed E-state index contributed by atoms with van der Waals surface area (Å²) >= 11 is 3.78. The molecular weight excluding hydrogens is 361 g/mol. The summed E-state index contributed by atoms with van der Waals surface area (Å²) < 4.78 is 0. The second-order valence-electron chi connectivity index (χ2n) is 4.21.